The smallest absolute Gasteiger partial charge is 0.410 e. The molecular formula is C14H28N2O4. The van der Waals surface area contributed by atoms with E-state index in [-0.39, 0.29) is 6.04 Å². The van der Waals surface area contributed by atoms with Crippen LogP contribution in [0.2, 0.25) is 0 Å². The van der Waals surface area contributed by atoms with Crippen LogP contribution < -0.4 is 5.73 Å². The predicted octanol–water partition coefficient (Wildman–Crippen LogP) is 1.77. The summed E-state index contributed by atoms with van der Waals surface area (Å²) < 4.78 is 9.98. The molecule has 6 heteroatoms. The lowest BCUT2D eigenvalue weighted by Gasteiger charge is -2.40. The minimum Gasteiger partial charge on any atom is -0.468 e. The van der Waals surface area contributed by atoms with Gasteiger partial charge in [-0.1, -0.05) is 13.8 Å². The maximum absolute atomic E-state index is 12.1. The molecule has 6 nitrogen and oxygen atoms in total. The van der Waals surface area contributed by atoms with E-state index in [4.69, 9.17) is 10.5 Å². The number of hydrogen-bond acceptors (Lipinski definition) is 5. The van der Waals surface area contributed by atoms with Gasteiger partial charge in [-0.05, 0) is 27.7 Å². The maximum Gasteiger partial charge on any atom is 0.410 e. The van der Waals surface area contributed by atoms with E-state index >= 15 is 0 Å². The Kier molecular flexibility index (Phi) is 6.02. The Labute approximate surface area is 121 Å². The number of ether oxygens (including phenoxy) is 2. The van der Waals surface area contributed by atoms with Gasteiger partial charge in [0.05, 0.1) is 7.11 Å². The summed E-state index contributed by atoms with van der Waals surface area (Å²) in [5, 5.41) is 0. The van der Waals surface area contributed by atoms with Gasteiger partial charge in [-0.25, -0.2) is 4.79 Å². The van der Waals surface area contributed by atoms with Crippen molar-refractivity contribution >= 4 is 12.1 Å². The fourth-order valence-corrected chi connectivity index (χ4v) is 1.68. The van der Waals surface area contributed by atoms with Crippen LogP contribution in [0.1, 0.15) is 41.5 Å². The van der Waals surface area contributed by atoms with Gasteiger partial charge in [-0.2, -0.15) is 0 Å². The summed E-state index contributed by atoms with van der Waals surface area (Å²) in [6, 6.07) is -1.13. The van der Waals surface area contributed by atoms with E-state index in [9.17, 15) is 9.59 Å². The van der Waals surface area contributed by atoms with Crippen molar-refractivity contribution in [2.24, 2.45) is 11.1 Å². The molecule has 0 rings (SSSR count). The number of nitrogens with two attached hydrogens (primary N) is 1. The van der Waals surface area contributed by atoms with Crippen molar-refractivity contribution in [2.75, 3.05) is 14.2 Å². The molecule has 2 unspecified atom stereocenters. The number of nitrogens with zero attached hydrogens (tertiary/aromatic N) is 1. The Balaban J connectivity index is 4.99. The molecule has 0 heterocycles. The van der Waals surface area contributed by atoms with Crippen LogP contribution >= 0.6 is 0 Å². The monoisotopic (exact) mass is 288 g/mol. The van der Waals surface area contributed by atoms with Gasteiger partial charge >= 0.3 is 12.1 Å². The molecule has 0 aliphatic rings. The molecule has 118 valence electrons. The lowest BCUT2D eigenvalue weighted by Crippen LogP contribution is -2.56. The van der Waals surface area contributed by atoms with E-state index in [0.29, 0.717) is 0 Å². The third kappa shape index (κ3) is 4.67. The zero-order valence-corrected chi connectivity index (χ0v) is 13.8. The van der Waals surface area contributed by atoms with Gasteiger partial charge in [-0.15, -0.1) is 0 Å². The lowest BCUT2D eigenvalue weighted by molar-refractivity contribution is -0.146. The van der Waals surface area contributed by atoms with E-state index < -0.39 is 29.1 Å². The van der Waals surface area contributed by atoms with Crippen molar-refractivity contribution in [3.05, 3.63) is 0 Å². The second-order valence-corrected chi connectivity index (χ2v) is 6.59. The van der Waals surface area contributed by atoms with E-state index in [0.717, 1.165) is 0 Å². The van der Waals surface area contributed by atoms with Crippen LogP contribution in [0.15, 0.2) is 0 Å². The third-order valence-electron chi connectivity index (χ3n) is 3.60. The molecular weight excluding hydrogens is 260 g/mol. The molecule has 0 bridgehead atoms. The van der Waals surface area contributed by atoms with Crippen molar-refractivity contribution in [1.29, 1.82) is 0 Å². The zero-order valence-electron chi connectivity index (χ0n) is 13.8. The Morgan fingerprint density at radius 3 is 1.95 bits per heavy atom. The molecule has 0 spiro atoms. The minimum absolute atomic E-state index is 0.300. The predicted molar refractivity (Wildman–Crippen MR) is 77.2 cm³/mol. The molecule has 0 aliphatic heterocycles. The van der Waals surface area contributed by atoms with Gasteiger partial charge in [0.2, 0.25) is 0 Å². The standard InChI is InChI=1S/C14H28N2O4/c1-9(14(5,6)10(15)11(17)19-8)16(7)12(18)20-13(2,3)4/h9-10H,15H2,1-8H3. The summed E-state index contributed by atoms with van der Waals surface area (Å²) in [6.45, 7) is 10.9. The summed E-state index contributed by atoms with van der Waals surface area (Å²) in [5.74, 6) is -0.501. The molecule has 0 aromatic carbocycles. The molecule has 2 atom stereocenters. The number of rotatable bonds is 4. The lowest BCUT2D eigenvalue weighted by atomic mass is 9.78. The number of hydrogen-bond donors (Lipinski definition) is 1. The average Bonchev–Trinajstić information content (AvgIpc) is 2.32. The van der Waals surface area contributed by atoms with Crippen LogP contribution in [0.5, 0.6) is 0 Å². The summed E-state index contributed by atoms with van der Waals surface area (Å²) in [7, 11) is 2.92. The van der Waals surface area contributed by atoms with Crippen LogP contribution in [-0.2, 0) is 14.3 Å². The van der Waals surface area contributed by atoms with Crippen LogP contribution in [0.4, 0.5) is 4.79 Å². The Hall–Kier alpha value is -1.30. The van der Waals surface area contributed by atoms with Gasteiger partial charge in [0.15, 0.2) is 0 Å². The number of amides is 1. The highest BCUT2D eigenvalue weighted by atomic mass is 16.6. The fraction of sp³-hybridized carbons (Fsp3) is 0.857. The van der Waals surface area contributed by atoms with Crippen LogP contribution in [0.3, 0.4) is 0 Å². The Bertz CT molecular complexity index is 361. The highest BCUT2D eigenvalue weighted by Crippen LogP contribution is 2.29. The second-order valence-electron chi connectivity index (χ2n) is 6.59. The first-order chi connectivity index (χ1) is 8.84. The molecule has 0 radical (unpaired) electrons. The van der Waals surface area contributed by atoms with Gasteiger partial charge < -0.3 is 20.1 Å². The molecule has 0 aliphatic carbocycles. The van der Waals surface area contributed by atoms with Crippen molar-refractivity contribution in [3.63, 3.8) is 0 Å². The van der Waals surface area contributed by atoms with Crippen molar-refractivity contribution in [2.45, 2.75) is 59.2 Å². The normalized spacial score (nSPS) is 15.2. The molecule has 1 amide bonds. The van der Waals surface area contributed by atoms with Gasteiger partial charge in [-0.3, -0.25) is 4.79 Å². The fourth-order valence-electron chi connectivity index (χ4n) is 1.68. The molecule has 2 N–H and O–H groups in total. The van der Waals surface area contributed by atoms with Crippen molar-refractivity contribution < 1.29 is 19.1 Å². The van der Waals surface area contributed by atoms with Gasteiger partial charge in [0.1, 0.15) is 11.6 Å². The van der Waals surface area contributed by atoms with E-state index in [1.807, 2.05) is 20.8 Å². The zero-order chi connectivity index (χ0) is 16.3. The molecule has 0 saturated heterocycles. The quantitative estimate of drug-likeness (QED) is 0.797. The molecule has 0 fully saturated rings. The second kappa shape index (κ2) is 6.43. The average molecular weight is 288 g/mol. The van der Waals surface area contributed by atoms with E-state index in [2.05, 4.69) is 4.74 Å². The first-order valence-electron chi connectivity index (χ1n) is 6.63. The number of carbonyl (C=O) groups is 2. The Morgan fingerprint density at radius 2 is 1.60 bits per heavy atom. The highest BCUT2D eigenvalue weighted by molar-refractivity contribution is 5.76. The molecule has 0 aromatic rings. The third-order valence-corrected chi connectivity index (χ3v) is 3.60. The summed E-state index contributed by atoms with van der Waals surface area (Å²) >= 11 is 0. The maximum atomic E-state index is 12.1. The van der Waals surface area contributed by atoms with Crippen LogP contribution in [-0.4, -0.2) is 48.8 Å². The van der Waals surface area contributed by atoms with Gasteiger partial charge in [0.25, 0.3) is 0 Å². The summed E-state index contributed by atoms with van der Waals surface area (Å²) in [5.41, 5.74) is 4.69. The SMILES string of the molecule is COC(=O)C(N)C(C)(C)C(C)N(C)C(=O)OC(C)(C)C. The van der Waals surface area contributed by atoms with E-state index in [1.165, 1.54) is 12.0 Å². The molecule has 20 heavy (non-hydrogen) atoms. The minimum atomic E-state index is -0.826. The Morgan fingerprint density at radius 1 is 1.15 bits per heavy atom. The van der Waals surface area contributed by atoms with Crippen molar-refractivity contribution in [3.8, 4) is 0 Å². The summed E-state index contributed by atoms with van der Waals surface area (Å²) in [4.78, 5) is 25.1. The molecule has 0 saturated carbocycles. The highest BCUT2D eigenvalue weighted by Gasteiger charge is 2.41. The largest absolute Gasteiger partial charge is 0.468 e. The van der Waals surface area contributed by atoms with Crippen LogP contribution in [0.25, 0.3) is 0 Å². The number of esters is 1. The summed E-state index contributed by atoms with van der Waals surface area (Å²) in [6.07, 6.45) is -0.449. The number of carbonyl (C=O) groups excluding carboxylic acids is 2. The van der Waals surface area contributed by atoms with E-state index in [1.54, 1.807) is 27.8 Å². The first-order valence-corrected chi connectivity index (χ1v) is 6.63. The topological polar surface area (TPSA) is 81.9 Å². The molecule has 0 aromatic heterocycles. The van der Waals surface area contributed by atoms with Crippen molar-refractivity contribution in [1.82, 2.24) is 4.90 Å². The van der Waals surface area contributed by atoms with Crippen LogP contribution in [0, 0.1) is 5.41 Å². The van der Waals surface area contributed by atoms with Gasteiger partial charge in [0, 0.05) is 18.5 Å². The first kappa shape index (κ1) is 18.7. The number of methoxy groups -OCH3 is 1.